The van der Waals surface area contributed by atoms with Crippen molar-refractivity contribution in [1.29, 1.82) is 0 Å². The van der Waals surface area contributed by atoms with Gasteiger partial charge in [-0.15, -0.1) is 0 Å². The molecule has 1 amide bonds. The summed E-state index contributed by atoms with van der Waals surface area (Å²) in [4.78, 5) is 11.7. The first-order valence-corrected chi connectivity index (χ1v) is 5.85. The molecular weight excluding hydrogens is 248 g/mol. The van der Waals surface area contributed by atoms with E-state index in [-0.39, 0.29) is 18.0 Å². The highest BCUT2D eigenvalue weighted by atomic mass is 19.1. The fourth-order valence-corrected chi connectivity index (χ4v) is 1.68. The molecule has 0 saturated heterocycles. The topological polar surface area (TPSA) is 29.1 Å². The fraction of sp³-hybridized carbons (Fsp3) is 0.133. The second kappa shape index (κ2) is 5.61. The van der Waals surface area contributed by atoms with Crippen molar-refractivity contribution in [2.45, 2.75) is 13.3 Å². The monoisotopic (exact) mass is 261 g/mol. The minimum Gasteiger partial charge on any atom is -0.323 e. The largest absolute Gasteiger partial charge is 0.323 e. The quantitative estimate of drug-likeness (QED) is 0.900. The molecule has 0 radical (unpaired) electrons. The summed E-state index contributed by atoms with van der Waals surface area (Å²) in [6.45, 7) is 1.96. The summed E-state index contributed by atoms with van der Waals surface area (Å²) in [6, 6.07) is 10.5. The Hall–Kier alpha value is -2.23. The molecule has 2 aromatic carbocycles. The number of hydrogen-bond donors (Lipinski definition) is 1. The molecular formula is C15H13F2NO. The van der Waals surface area contributed by atoms with Crippen LogP contribution in [0.2, 0.25) is 0 Å². The Morgan fingerprint density at radius 3 is 2.42 bits per heavy atom. The van der Waals surface area contributed by atoms with Crippen molar-refractivity contribution in [2.24, 2.45) is 0 Å². The van der Waals surface area contributed by atoms with Gasteiger partial charge in [0.05, 0.1) is 12.1 Å². The molecule has 0 heterocycles. The van der Waals surface area contributed by atoms with Gasteiger partial charge in [0.25, 0.3) is 0 Å². The van der Waals surface area contributed by atoms with E-state index in [2.05, 4.69) is 5.32 Å². The molecule has 0 spiro atoms. The molecule has 0 saturated carbocycles. The maximum Gasteiger partial charge on any atom is 0.228 e. The molecule has 0 bridgehead atoms. The Balaban J connectivity index is 2.03. The highest BCUT2D eigenvalue weighted by Crippen LogP contribution is 2.15. The minimum absolute atomic E-state index is 0.0153. The number of aryl methyl sites for hydroxylation is 1. The summed E-state index contributed by atoms with van der Waals surface area (Å²) < 4.78 is 26.1. The van der Waals surface area contributed by atoms with Crippen LogP contribution in [0.3, 0.4) is 0 Å². The number of rotatable bonds is 3. The lowest BCUT2D eigenvalue weighted by molar-refractivity contribution is -0.115. The summed E-state index contributed by atoms with van der Waals surface area (Å²) in [5, 5.41) is 2.42. The van der Waals surface area contributed by atoms with Gasteiger partial charge in [-0.3, -0.25) is 4.79 Å². The third kappa shape index (κ3) is 3.61. The Morgan fingerprint density at radius 1 is 1.11 bits per heavy atom. The number of benzene rings is 2. The Bertz CT molecular complexity index is 594. The molecule has 0 aromatic heterocycles. The van der Waals surface area contributed by atoms with E-state index in [4.69, 9.17) is 0 Å². The number of anilines is 1. The highest BCUT2D eigenvalue weighted by Gasteiger charge is 2.08. The molecule has 0 unspecified atom stereocenters. The van der Waals surface area contributed by atoms with Crippen LogP contribution in [-0.2, 0) is 11.2 Å². The molecule has 19 heavy (non-hydrogen) atoms. The van der Waals surface area contributed by atoms with Gasteiger partial charge in [0.2, 0.25) is 5.91 Å². The standard InChI is InChI=1S/C15H13F2NO/c1-10-2-4-11(5-3-10)8-15(19)18-14-7-6-12(16)9-13(14)17/h2-7,9H,8H2,1H3,(H,18,19). The van der Waals surface area contributed by atoms with Gasteiger partial charge in [-0.25, -0.2) is 8.78 Å². The van der Waals surface area contributed by atoms with Crippen molar-refractivity contribution in [3.63, 3.8) is 0 Å². The van der Waals surface area contributed by atoms with E-state index in [1.54, 1.807) is 0 Å². The summed E-state index contributed by atoms with van der Waals surface area (Å²) in [5.74, 6) is -1.79. The number of amides is 1. The van der Waals surface area contributed by atoms with E-state index in [9.17, 15) is 13.6 Å². The van der Waals surface area contributed by atoms with Crippen LogP contribution in [0.4, 0.5) is 14.5 Å². The molecule has 1 N–H and O–H groups in total. The smallest absolute Gasteiger partial charge is 0.228 e. The van der Waals surface area contributed by atoms with Gasteiger partial charge in [-0.2, -0.15) is 0 Å². The average molecular weight is 261 g/mol. The molecule has 98 valence electrons. The summed E-state index contributed by atoms with van der Waals surface area (Å²) in [5.41, 5.74) is 1.93. The predicted molar refractivity (Wildman–Crippen MR) is 69.9 cm³/mol. The number of carbonyl (C=O) groups excluding carboxylic acids is 1. The van der Waals surface area contributed by atoms with Crippen LogP contribution in [0, 0.1) is 18.6 Å². The van der Waals surface area contributed by atoms with E-state index >= 15 is 0 Å². The zero-order valence-corrected chi connectivity index (χ0v) is 10.4. The maximum atomic E-state index is 13.3. The Labute approximate surface area is 110 Å². The van der Waals surface area contributed by atoms with Crippen molar-refractivity contribution < 1.29 is 13.6 Å². The zero-order valence-electron chi connectivity index (χ0n) is 10.4. The summed E-state index contributed by atoms with van der Waals surface area (Å²) in [6.07, 6.45) is 0.150. The summed E-state index contributed by atoms with van der Waals surface area (Å²) >= 11 is 0. The lowest BCUT2D eigenvalue weighted by atomic mass is 10.1. The van der Waals surface area contributed by atoms with Crippen LogP contribution in [0.1, 0.15) is 11.1 Å². The van der Waals surface area contributed by atoms with Crippen molar-refractivity contribution in [1.82, 2.24) is 0 Å². The number of nitrogens with one attached hydrogen (secondary N) is 1. The SMILES string of the molecule is Cc1ccc(CC(=O)Nc2ccc(F)cc2F)cc1. The maximum absolute atomic E-state index is 13.3. The van der Waals surface area contributed by atoms with Crippen molar-refractivity contribution in [2.75, 3.05) is 5.32 Å². The predicted octanol–water partition coefficient (Wildman–Crippen LogP) is 3.45. The lowest BCUT2D eigenvalue weighted by Gasteiger charge is -2.06. The van der Waals surface area contributed by atoms with Gasteiger partial charge >= 0.3 is 0 Å². The summed E-state index contributed by atoms with van der Waals surface area (Å²) in [7, 11) is 0. The van der Waals surface area contributed by atoms with Crippen LogP contribution in [0.15, 0.2) is 42.5 Å². The molecule has 2 rings (SSSR count). The van der Waals surface area contributed by atoms with Gasteiger partial charge < -0.3 is 5.32 Å². The van der Waals surface area contributed by atoms with E-state index in [1.165, 1.54) is 6.07 Å². The molecule has 2 nitrogen and oxygen atoms in total. The molecule has 2 aromatic rings. The van der Waals surface area contributed by atoms with Gasteiger partial charge in [0, 0.05) is 6.07 Å². The number of halogens is 2. The fourth-order valence-electron chi connectivity index (χ4n) is 1.68. The van der Waals surface area contributed by atoms with Crippen molar-refractivity contribution in [3.05, 3.63) is 65.2 Å². The highest BCUT2D eigenvalue weighted by molar-refractivity contribution is 5.92. The first-order valence-electron chi connectivity index (χ1n) is 5.85. The van der Waals surface area contributed by atoms with E-state index in [0.717, 1.165) is 23.3 Å². The molecule has 0 fully saturated rings. The molecule has 0 aliphatic rings. The van der Waals surface area contributed by atoms with Crippen LogP contribution >= 0.6 is 0 Å². The second-order valence-corrected chi connectivity index (χ2v) is 4.33. The van der Waals surface area contributed by atoms with Gasteiger partial charge in [0.15, 0.2) is 0 Å². The van der Waals surface area contributed by atoms with Crippen LogP contribution in [-0.4, -0.2) is 5.91 Å². The Morgan fingerprint density at radius 2 is 1.79 bits per heavy atom. The molecule has 0 aliphatic carbocycles. The Kier molecular flexibility index (Phi) is 3.90. The second-order valence-electron chi connectivity index (χ2n) is 4.33. The van der Waals surface area contributed by atoms with E-state index in [1.807, 2.05) is 31.2 Å². The van der Waals surface area contributed by atoms with Crippen LogP contribution in [0.25, 0.3) is 0 Å². The van der Waals surface area contributed by atoms with Crippen LogP contribution in [0.5, 0.6) is 0 Å². The van der Waals surface area contributed by atoms with E-state index in [0.29, 0.717) is 0 Å². The normalized spacial score (nSPS) is 10.3. The molecule has 4 heteroatoms. The third-order valence-electron chi connectivity index (χ3n) is 2.69. The first-order chi connectivity index (χ1) is 9.04. The van der Waals surface area contributed by atoms with Gasteiger partial charge in [-0.1, -0.05) is 29.8 Å². The van der Waals surface area contributed by atoms with Crippen molar-refractivity contribution >= 4 is 11.6 Å². The van der Waals surface area contributed by atoms with E-state index < -0.39 is 11.6 Å². The zero-order chi connectivity index (χ0) is 13.8. The van der Waals surface area contributed by atoms with Gasteiger partial charge in [0.1, 0.15) is 11.6 Å². The van der Waals surface area contributed by atoms with Crippen molar-refractivity contribution in [3.8, 4) is 0 Å². The van der Waals surface area contributed by atoms with Gasteiger partial charge in [-0.05, 0) is 24.6 Å². The number of hydrogen-bond acceptors (Lipinski definition) is 1. The first kappa shape index (κ1) is 13.2. The molecule has 0 aliphatic heterocycles. The minimum atomic E-state index is -0.780. The third-order valence-corrected chi connectivity index (χ3v) is 2.69. The average Bonchev–Trinajstić information content (AvgIpc) is 2.36. The lowest BCUT2D eigenvalue weighted by Crippen LogP contribution is -2.15. The number of carbonyl (C=O) groups is 1. The van der Waals surface area contributed by atoms with Crippen LogP contribution < -0.4 is 5.32 Å². The molecule has 0 atom stereocenters.